The third-order valence-corrected chi connectivity index (χ3v) is 2.49. The summed E-state index contributed by atoms with van der Waals surface area (Å²) in [5.74, 6) is 0.632. The first-order valence-electron chi connectivity index (χ1n) is 5.78. The molecule has 88 valence electrons. The summed E-state index contributed by atoms with van der Waals surface area (Å²) in [7, 11) is 0. The van der Waals surface area contributed by atoms with E-state index in [4.69, 9.17) is 4.74 Å². The van der Waals surface area contributed by atoms with E-state index in [1.807, 2.05) is 37.3 Å². The lowest BCUT2D eigenvalue weighted by Crippen LogP contribution is -2.02. The molecule has 0 radical (unpaired) electrons. The van der Waals surface area contributed by atoms with Crippen molar-refractivity contribution < 1.29 is 4.74 Å². The van der Waals surface area contributed by atoms with E-state index in [2.05, 4.69) is 16.5 Å². The zero-order valence-electron chi connectivity index (χ0n) is 10.0. The van der Waals surface area contributed by atoms with Gasteiger partial charge in [0.15, 0.2) is 0 Å². The summed E-state index contributed by atoms with van der Waals surface area (Å²) in [6.45, 7) is 6.25. The van der Waals surface area contributed by atoms with Crippen LogP contribution >= 0.6 is 0 Å². The van der Waals surface area contributed by atoms with Crippen molar-refractivity contribution in [2.75, 3.05) is 6.61 Å². The van der Waals surface area contributed by atoms with Crippen molar-refractivity contribution in [2.45, 2.75) is 19.8 Å². The summed E-state index contributed by atoms with van der Waals surface area (Å²) >= 11 is 0. The van der Waals surface area contributed by atoms with E-state index in [1.165, 1.54) is 0 Å². The molecule has 0 saturated heterocycles. The van der Waals surface area contributed by atoms with Gasteiger partial charge in [0.05, 0.1) is 17.6 Å². The predicted molar refractivity (Wildman–Crippen MR) is 69.2 cm³/mol. The number of unbranched alkanes of at least 4 members (excludes halogenated alkanes) is 1. The molecule has 0 bridgehead atoms. The average molecular weight is 228 g/mol. The minimum Gasteiger partial charge on any atom is -0.476 e. The maximum atomic E-state index is 5.63. The zero-order chi connectivity index (χ0) is 12.1. The maximum absolute atomic E-state index is 5.63. The molecule has 1 aromatic carbocycles. The second-order valence-corrected chi connectivity index (χ2v) is 3.88. The number of para-hydroxylation sites is 2. The number of benzene rings is 1. The average Bonchev–Trinajstić information content (AvgIpc) is 2.35. The molecule has 0 spiro atoms. The number of hydrogen-bond acceptors (Lipinski definition) is 3. The van der Waals surface area contributed by atoms with Gasteiger partial charge in [-0.25, -0.2) is 9.97 Å². The highest BCUT2D eigenvalue weighted by Crippen LogP contribution is 2.17. The molecule has 3 nitrogen and oxygen atoms in total. The summed E-state index contributed by atoms with van der Waals surface area (Å²) in [5, 5.41) is 0. The van der Waals surface area contributed by atoms with Crippen molar-refractivity contribution in [3.8, 4) is 5.88 Å². The molecular formula is C14H16N2O. The number of aromatic nitrogens is 2. The standard InChI is InChI=1S/C14H16N2O/c1-3-4-7-10-17-14-11(2)15-12-8-5-6-9-13(12)16-14/h3,5-6,8-9H,1,4,7,10H2,2H3. The molecule has 0 unspecified atom stereocenters. The smallest absolute Gasteiger partial charge is 0.235 e. The van der Waals surface area contributed by atoms with Crippen LogP contribution in [0.25, 0.3) is 11.0 Å². The van der Waals surface area contributed by atoms with E-state index >= 15 is 0 Å². The van der Waals surface area contributed by atoms with Gasteiger partial charge in [-0.3, -0.25) is 0 Å². The van der Waals surface area contributed by atoms with E-state index < -0.39 is 0 Å². The van der Waals surface area contributed by atoms with Crippen LogP contribution in [0.3, 0.4) is 0 Å². The molecule has 0 aliphatic rings. The Hall–Kier alpha value is -1.90. The summed E-state index contributed by atoms with van der Waals surface area (Å²) in [6.07, 6.45) is 3.81. The molecular weight excluding hydrogens is 212 g/mol. The number of nitrogens with zero attached hydrogens (tertiary/aromatic N) is 2. The molecule has 0 atom stereocenters. The van der Waals surface area contributed by atoms with Gasteiger partial charge in [-0.1, -0.05) is 18.2 Å². The van der Waals surface area contributed by atoms with Crippen LogP contribution in [0.5, 0.6) is 5.88 Å². The lowest BCUT2D eigenvalue weighted by atomic mass is 10.3. The van der Waals surface area contributed by atoms with Crippen LogP contribution in [0.1, 0.15) is 18.5 Å². The van der Waals surface area contributed by atoms with Crippen LogP contribution < -0.4 is 4.74 Å². The SMILES string of the molecule is C=CCCCOc1nc2ccccc2nc1C. The monoisotopic (exact) mass is 228 g/mol. The molecule has 0 saturated carbocycles. The minimum absolute atomic E-state index is 0.632. The van der Waals surface area contributed by atoms with Gasteiger partial charge >= 0.3 is 0 Å². The predicted octanol–water partition coefficient (Wildman–Crippen LogP) is 3.28. The highest BCUT2D eigenvalue weighted by molar-refractivity contribution is 5.74. The molecule has 0 fully saturated rings. The summed E-state index contributed by atoms with van der Waals surface area (Å²) in [6, 6.07) is 7.81. The lowest BCUT2D eigenvalue weighted by Gasteiger charge is -2.07. The van der Waals surface area contributed by atoms with Crippen LogP contribution in [0.15, 0.2) is 36.9 Å². The molecule has 2 rings (SSSR count). The molecule has 1 heterocycles. The highest BCUT2D eigenvalue weighted by atomic mass is 16.5. The number of hydrogen-bond donors (Lipinski definition) is 0. The number of ether oxygens (including phenoxy) is 1. The van der Waals surface area contributed by atoms with Gasteiger partial charge in [0.2, 0.25) is 5.88 Å². The van der Waals surface area contributed by atoms with Gasteiger partial charge in [-0.15, -0.1) is 6.58 Å². The van der Waals surface area contributed by atoms with Crippen molar-refractivity contribution in [1.82, 2.24) is 9.97 Å². The normalized spacial score (nSPS) is 10.4. The maximum Gasteiger partial charge on any atom is 0.235 e. The molecule has 0 aliphatic carbocycles. The van der Waals surface area contributed by atoms with Crippen LogP contribution in [0.4, 0.5) is 0 Å². The second-order valence-electron chi connectivity index (χ2n) is 3.88. The van der Waals surface area contributed by atoms with Gasteiger partial charge in [0, 0.05) is 0 Å². The van der Waals surface area contributed by atoms with Crippen molar-refractivity contribution in [2.24, 2.45) is 0 Å². The lowest BCUT2D eigenvalue weighted by molar-refractivity contribution is 0.298. The van der Waals surface area contributed by atoms with Gasteiger partial charge in [0.1, 0.15) is 5.69 Å². The number of rotatable bonds is 5. The Balaban J connectivity index is 2.16. The molecule has 0 amide bonds. The van der Waals surface area contributed by atoms with E-state index in [0.29, 0.717) is 12.5 Å². The Morgan fingerprint density at radius 2 is 1.94 bits per heavy atom. The quantitative estimate of drug-likeness (QED) is 0.582. The van der Waals surface area contributed by atoms with Gasteiger partial charge in [-0.05, 0) is 31.9 Å². The molecule has 2 aromatic rings. The Kier molecular flexibility index (Phi) is 3.70. The van der Waals surface area contributed by atoms with Crippen molar-refractivity contribution in [3.63, 3.8) is 0 Å². The Bertz CT molecular complexity index is 523. The van der Waals surface area contributed by atoms with Gasteiger partial charge in [0.25, 0.3) is 0 Å². The topological polar surface area (TPSA) is 35.0 Å². The molecule has 3 heteroatoms. The van der Waals surface area contributed by atoms with Crippen LogP contribution in [0, 0.1) is 6.92 Å². The van der Waals surface area contributed by atoms with Gasteiger partial charge < -0.3 is 4.74 Å². The molecule has 17 heavy (non-hydrogen) atoms. The minimum atomic E-state index is 0.632. The summed E-state index contributed by atoms with van der Waals surface area (Å²) in [4.78, 5) is 8.93. The first-order chi connectivity index (χ1) is 8.31. The second kappa shape index (κ2) is 5.43. The van der Waals surface area contributed by atoms with Crippen LogP contribution in [-0.4, -0.2) is 16.6 Å². The van der Waals surface area contributed by atoms with Crippen LogP contribution in [0.2, 0.25) is 0 Å². The number of fused-ring (bicyclic) bond motifs is 1. The fraction of sp³-hybridized carbons (Fsp3) is 0.286. The fourth-order valence-electron chi connectivity index (χ4n) is 1.61. The molecule has 0 aliphatic heterocycles. The van der Waals surface area contributed by atoms with Crippen LogP contribution in [-0.2, 0) is 0 Å². The Morgan fingerprint density at radius 1 is 1.24 bits per heavy atom. The third kappa shape index (κ3) is 2.81. The van der Waals surface area contributed by atoms with E-state index in [-0.39, 0.29) is 0 Å². The Labute approximate surface area is 101 Å². The Morgan fingerprint density at radius 3 is 2.65 bits per heavy atom. The summed E-state index contributed by atoms with van der Waals surface area (Å²) in [5.41, 5.74) is 2.61. The van der Waals surface area contributed by atoms with E-state index in [9.17, 15) is 0 Å². The largest absolute Gasteiger partial charge is 0.476 e. The van der Waals surface area contributed by atoms with Crippen molar-refractivity contribution in [3.05, 3.63) is 42.6 Å². The third-order valence-electron chi connectivity index (χ3n) is 2.49. The van der Waals surface area contributed by atoms with Gasteiger partial charge in [-0.2, -0.15) is 0 Å². The zero-order valence-corrected chi connectivity index (χ0v) is 10.0. The van der Waals surface area contributed by atoms with E-state index in [1.54, 1.807) is 0 Å². The highest BCUT2D eigenvalue weighted by Gasteiger charge is 2.05. The first-order valence-corrected chi connectivity index (χ1v) is 5.78. The van der Waals surface area contributed by atoms with Crippen molar-refractivity contribution in [1.29, 1.82) is 0 Å². The summed E-state index contributed by atoms with van der Waals surface area (Å²) < 4.78 is 5.63. The first kappa shape index (κ1) is 11.6. The molecule has 0 N–H and O–H groups in total. The van der Waals surface area contributed by atoms with E-state index in [0.717, 1.165) is 29.6 Å². The number of allylic oxidation sites excluding steroid dienone is 1. The number of aryl methyl sites for hydroxylation is 1. The molecule has 1 aromatic heterocycles. The fourth-order valence-corrected chi connectivity index (χ4v) is 1.61. The van der Waals surface area contributed by atoms with Crippen molar-refractivity contribution >= 4 is 11.0 Å².